The molecule has 2 aromatic rings. The van der Waals surface area contributed by atoms with Crippen molar-refractivity contribution in [1.29, 1.82) is 0 Å². The third kappa shape index (κ3) is 6.07. The molecule has 1 amide bonds. The van der Waals surface area contributed by atoms with Gasteiger partial charge in [-0.05, 0) is 30.5 Å². The summed E-state index contributed by atoms with van der Waals surface area (Å²) in [6.07, 6.45) is 2.08. The van der Waals surface area contributed by atoms with Crippen molar-refractivity contribution >= 4 is 11.9 Å². The molecule has 1 aromatic heterocycles. The maximum atomic E-state index is 12.0. The lowest BCUT2D eigenvalue weighted by molar-refractivity contribution is 0.0827. The van der Waals surface area contributed by atoms with Gasteiger partial charge in [0.15, 0.2) is 5.96 Å². The Morgan fingerprint density at radius 3 is 2.41 bits per heavy atom. The summed E-state index contributed by atoms with van der Waals surface area (Å²) in [5.74, 6) is 1.23. The second-order valence-electron chi connectivity index (χ2n) is 7.79. The molecule has 0 aliphatic rings. The van der Waals surface area contributed by atoms with E-state index in [0.717, 1.165) is 30.3 Å². The van der Waals surface area contributed by atoms with Crippen LogP contribution in [0.15, 0.2) is 35.5 Å². The van der Waals surface area contributed by atoms with E-state index in [0.29, 0.717) is 18.0 Å². The Morgan fingerprint density at radius 2 is 1.86 bits per heavy atom. The minimum atomic E-state index is 0.00514. The Balaban J connectivity index is 2.12. The second-order valence-corrected chi connectivity index (χ2v) is 7.79. The molecule has 2 rings (SSSR count). The molecule has 0 fully saturated rings. The Labute approximate surface area is 174 Å². The zero-order valence-corrected chi connectivity index (χ0v) is 18.7. The van der Waals surface area contributed by atoms with E-state index in [4.69, 9.17) is 4.99 Å². The lowest BCUT2D eigenvalue weighted by Gasteiger charge is -2.22. The van der Waals surface area contributed by atoms with E-state index in [1.165, 1.54) is 5.56 Å². The number of hydrogen-bond donors (Lipinski definition) is 1. The van der Waals surface area contributed by atoms with Crippen molar-refractivity contribution in [3.05, 3.63) is 52.8 Å². The maximum Gasteiger partial charge on any atom is 0.253 e. The number of rotatable bonds is 7. The van der Waals surface area contributed by atoms with Gasteiger partial charge in [0.05, 0.1) is 12.2 Å². The van der Waals surface area contributed by atoms with E-state index in [1.807, 2.05) is 43.0 Å². The highest BCUT2D eigenvalue weighted by Gasteiger charge is 2.15. The van der Waals surface area contributed by atoms with Crippen molar-refractivity contribution in [1.82, 2.24) is 24.9 Å². The first-order chi connectivity index (χ1) is 13.7. The van der Waals surface area contributed by atoms with E-state index < -0.39 is 0 Å². The van der Waals surface area contributed by atoms with Crippen LogP contribution < -0.4 is 5.32 Å². The van der Waals surface area contributed by atoms with Crippen LogP contribution in [0.4, 0.5) is 0 Å². The van der Waals surface area contributed by atoms with Gasteiger partial charge in [-0.3, -0.25) is 9.48 Å². The number of guanidine groups is 1. The number of aryl methyl sites for hydroxylation is 1. The molecule has 0 saturated heterocycles. The molecular formula is C22H34N6O. The van der Waals surface area contributed by atoms with Crippen LogP contribution in [-0.4, -0.2) is 59.1 Å². The summed E-state index contributed by atoms with van der Waals surface area (Å²) >= 11 is 0. The summed E-state index contributed by atoms with van der Waals surface area (Å²) in [5, 5.41) is 7.96. The fourth-order valence-electron chi connectivity index (χ4n) is 3.14. The monoisotopic (exact) mass is 398 g/mol. The quantitative estimate of drug-likeness (QED) is 0.575. The predicted molar refractivity (Wildman–Crippen MR) is 118 cm³/mol. The van der Waals surface area contributed by atoms with Gasteiger partial charge in [0.25, 0.3) is 5.91 Å². The summed E-state index contributed by atoms with van der Waals surface area (Å²) < 4.78 is 1.87. The van der Waals surface area contributed by atoms with E-state index in [9.17, 15) is 4.79 Å². The third-order valence-electron chi connectivity index (χ3n) is 4.61. The van der Waals surface area contributed by atoms with E-state index in [1.54, 1.807) is 19.0 Å². The van der Waals surface area contributed by atoms with Gasteiger partial charge in [-0.25, -0.2) is 4.99 Å². The van der Waals surface area contributed by atoms with Gasteiger partial charge in [0, 0.05) is 58.6 Å². The summed E-state index contributed by atoms with van der Waals surface area (Å²) in [6.45, 7) is 8.47. The van der Waals surface area contributed by atoms with Gasteiger partial charge < -0.3 is 15.1 Å². The normalized spacial score (nSPS) is 11.7. The second kappa shape index (κ2) is 10.1. The first kappa shape index (κ1) is 22.5. The standard InChI is InChI=1S/C22H34N6O/c1-8-23-22(27(6)14-19-15-28(7)25-20(19)16(2)3)24-13-17-9-11-18(12-10-17)21(29)26(4)5/h9-12,15-16H,8,13-14H2,1-7H3,(H,23,24). The summed E-state index contributed by atoms with van der Waals surface area (Å²) in [6, 6.07) is 7.63. The molecule has 0 aliphatic carbocycles. The Hall–Kier alpha value is -2.83. The van der Waals surface area contributed by atoms with Crippen molar-refractivity contribution in [3.63, 3.8) is 0 Å². The molecule has 0 atom stereocenters. The van der Waals surface area contributed by atoms with Gasteiger partial charge in [-0.15, -0.1) is 0 Å². The molecule has 0 aliphatic heterocycles. The molecule has 1 aromatic carbocycles. The molecule has 0 unspecified atom stereocenters. The molecule has 158 valence electrons. The summed E-state index contributed by atoms with van der Waals surface area (Å²) in [4.78, 5) is 20.5. The summed E-state index contributed by atoms with van der Waals surface area (Å²) in [5.41, 5.74) is 4.08. The fraction of sp³-hybridized carbons (Fsp3) is 0.500. The van der Waals surface area contributed by atoms with Crippen molar-refractivity contribution in [2.45, 2.75) is 39.8 Å². The lowest BCUT2D eigenvalue weighted by atomic mass is 10.1. The van der Waals surface area contributed by atoms with Gasteiger partial charge in [0.1, 0.15) is 0 Å². The number of hydrogen-bond acceptors (Lipinski definition) is 3. The van der Waals surface area contributed by atoms with Crippen molar-refractivity contribution in [2.24, 2.45) is 12.0 Å². The number of aromatic nitrogens is 2. The van der Waals surface area contributed by atoms with Crippen LogP contribution in [0.1, 0.15) is 53.9 Å². The molecule has 0 saturated carbocycles. The van der Waals surface area contributed by atoms with Crippen molar-refractivity contribution in [3.8, 4) is 0 Å². The SMILES string of the molecule is CCNC(=NCc1ccc(C(=O)N(C)C)cc1)N(C)Cc1cn(C)nc1C(C)C. The number of carbonyl (C=O) groups is 1. The van der Waals surface area contributed by atoms with Crippen LogP contribution in [0.3, 0.4) is 0 Å². The fourth-order valence-corrected chi connectivity index (χ4v) is 3.14. The first-order valence-electron chi connectivity index (χ1n) is 10.0. The van der Waals surface area contributed by atoms with Gasteiger partial charge in [0.2, 0.25) is 0 Å². The number of aliphatic imine (C=N–C) groups is 1. The highest BCUT2D eigenvalue weighted by atomic mass is 16.2. The third-order valence-corrected chi connectivity index (χ3v) is 4.61. The number of benzene rings is 1. The lowest BCUT2D eigenvalue weighted by Crippen LogP contribution is -2.38. The van der Waals surface area contributed by atoms with Crippen LogP contribution in [0.5, 0.6) is 0 Å². The molecule has 1 heterocycles. The molecule has 1 N–H and O–H groups in total. The smallest absolute Gasteiger partial charge is 0.253 e. The molecule has 0 bridgehead atoms. The molecule has 29 heavy (non-hydrogen) atoms. The van der Waals surface area contributed by atoms with E-state index in [2.05, 4.69) is 42.3 Å². The topological polar surface area (TPSA) is 65.8 Å². The Bertz CT molecular complexity index is 835. The number of nitrogens with one attached hydrogen (secondary N) is 1. The molecule has 7 nitrogen and oxygen atoms in total. The average molecular weight is 399 g/mol. The zero-order chi connectivity index (χ0) is 21.6. The first-order valence-corrected chi connectivity index (χ1v) is 10.0. The van der Waals surface area contributed by atoms with Gasteiger partial charge in [-0.2, -0.15) is 5.10 Å². The largest absolute Gasteiger partial charge is 0.357 e. The number of amides is 1. The van der Waals surface area contributed by atoms with Crippen molar-refractivity contribution in [2.75, 3.05) is 27.7 Å². The highest BCUT2D eigenvalue weighted by Crippen LogP contribution is 2.18. The highest BCUT2D eigenvalue weighted by molar-refractivity contribution is 5.93. The van der Waals surface area contributed by atoms with Gasteiger partial charge in [-0.1, -0.05) is 26.0 Å². The Morgan fingerprint density at radius 1 is 1.21 bits per heavy atom. The predicted octanol–water partition coefficient (Wildman–Crippen LogP) is 2.84. The maximum absolute atomic E-state index is 12.0. The van der Waals surface area contributed by atoms with E-state index in [-0.39, 0.29) is 5.91 Å². The van der Waals surface area contributed by atoms with E-state index >= 15 is 0 Å². The molecule has 7 heteroatoms. The van der Waals surface area contributed by atoms with Crippen LogP contribution in [0.25, 0.3) is 0 Å². The molecule has 0 spiro atoms. The zero-order valence-electron chi connectivity index (χ0n) is 18.7. The van der Waals surface area contributed by atoms with Crippen LogP contribution in [0.2, 0.25) is 0 Å². The molecular weight excluding hydrogens is 364 g/mol. The number of nitrogens with zero attached hydrogens (tertiary/aromatic N) is 5. The minimum absolute atomic E-state index is 0.00514. The minimum Gasteiger partial charge on any atom is -0.357 e. The molecule has 0 radical (unpaired) electrons. The number of carbonyl (C=O) groups excluding carboxylic acids is 1. The van der Waals surface area contributed by atoms with Crippen LogP contribution in [0, 0.1) is 0 Å². The van der Waals surface area contributed by atoms with Gasteiger partial charge >= 0.3 is 0 Å². The van der Waals surface area contributed by atoms with Crippen LogP contribution in [-0.2, 0) is 20.1 Å². The van der Waals surface area contributed by atoms with Crippen LogP contribution >= 0.6 is 0 Å². The Kier molecular flexibility index (Phi) is 7.82. The average Bonchev–Trinajstić information content (AvgIpc) is 3.05. The van der Waals surface area contributed by atoms with Crippen molar-refractivity contribution < 1.29 is 4.79 Å². The summed E-state index contributed by atoms with van der Waals surface area (Å²) in [7, 11) is 7.51.